The van der Waals surface area contributed by atoms with Crippen LogP contribution in [0.5, 0.6) is 5.75 Å². The summed E-state index contributed by atoms with van der Waals surface area (Å²) in [6.45, 7) is 0. The molecule has 1 spiro atoms. The first-order valence-electron chi connectivity index (χ1n) is 7.96. The number of fused-ring (bicyclic) bond motifs is 4. The Morgan fingerprint density at radius 3 is 2.55 bits per heavy atom. The number of alkyl halides is 2. The van der Waals surface area contributed by atoms with Crippen LogP contribution in [-0.4, -0.2) is 52.6 Å². The number of carbonyl (C=O) groups excluding carboxylic acids is 2. The Bertz CT molecular complexity index is 1030. The van der Waals surface area contributed by atoms with Gasteiger partial charge in [-0.25, -0.2) is 18.0 Å². The molecule has 2 saturated heterocycles. The molecule has 0 N–H and O–H groups in total. The van der Waals surface area contributed by atoms with Crippen molar-refractivity contribution in [1.29, 1.82) is 0 Å². The number of ether oxygens (including phenoxy) is 3. The maximum absolute atomic E-state index is 13.4. The minimum atomic E-state index is -6.19. The Morgan fingerprint density at radius 1 is 1.31 bits per heavy atom. The van der Waals surface area contributed by atoms with Gasteiger partial charge in [0.2, 0.25) is 0 Å². The SMILES string of the molecule is O=C1OC2(CC3SC2CC3OC(=O)C(F)(F)S(=O)(=O)[O-])Oc2c(I)ccc(I)c21. The maximum atomic E-state index is 13.4. The van der Waals surface area contributed by atoms with Crippen LogP contribution in [-0.2, 0) is 24.4 Å². The molecule has 1 aromatic rings. The molecule has 4 rings (SSSR count). The molecule has 8 nitrogen and oxygen atoms in total. The van der Waals surface area contributed by atoms with Crippen LogP contribution in [0.15, 0.2) is 12.1 Å². The number of carbonyl (C=O) groups is 2. The monoisotopic (exact) mass is 673 g/mol. The van der Waals surface area contributed by atoms with E-state index in [0.717, 1.165) is 0 Å². The Hall–Kier alpha value is -0.460. The molecule has 4 atom stereocenters. The molecule has 0 saturated carbocycles. The normalized spacial score (nSPS) is 30.7. The van der Waals surface area contributed by atoms with E-state index in [9.17, 15) is 31.3 Å². The second-order valence-corrected chi connectivity index (χ2v) is 11.7. The fourth-order valence-electron chi connectivity index (χ4n) is 3.46. The van der Waals surface area contributed by atoms with E-state index in [0.29, 0.717) is 18.5 Å². The first-order chi connectivity index (χ1) is 13.4. The lowest BCUT2D eigenvalue weighted by Gasteiger charge is -2.41. The zero-order valence-corrected chi connectivity index (χ0v) is 19.8. The summed E-state index contributed by atoms with van der Waals surface area (Å²) in [5, 5.41) is -6.26. The van der Waals surface area contributed by atoms with Crippen LogP contribution in [0.1, 0.15) is 23.2 Å². The second-order valence-electron chi connectivity index (χ2n) is 6.55. The van der Waals surface area contributed by atoms with Crippen LogP contribution in [0.2, 0.25) is 0 Å². The first kappa shape index (κ1) is 21.8. The van der Waals surface area contributed by atoms with Crippen molar-refractivity contribution in [2.75, 3.05) is 0 Å². The molecule has 4 unspecified atom stereocenters. The van der Waals surface area contributed by atoms with Crippen molar-refractivity contribution in [3.8, 4) is 5.75 Å². The fourth-order valence-corrected chi connectivity index (χ4v) is 6.71. The van der Waals surface area contributed by atoms with Gasteiger partial charge < -0.3 is 18.8 Å². The van der Waals surface area contributed by atoms with Crippen molar-refractivity contribution in [1.82, 2.24) is 0 Å². The summed E-state index contributed by atoms with van der Waals surface area (Å²) < 4.78 is 76.2. The highest BCUT2D eigenvalue weighted by Gasteiger charge is 2.64. The van der Waals surface area contributed by atoms with Crippen LogP contribution >= 0.6 is 56.9 Å². The van der Waals surface area contributed by atoms with Gasteiger partial charge in [-0.2, -0.15) is 8.78 Å². The molecule has 14 heteroatoms. The van der Waals surface area contributed by atoms with Gasteiger partial charge in [0.25, 0.3) is 5.79 Å². The summed E-state index contributed by atoms with van der Waals surface area (Å²) in [5.41, 5.74) is 0.305. The fraction of sp³-hybridized carbons (Fsp3) is 0.467. The van der Waals surface area contributed by atoms with Crippen LogP contribution in [0.3, 0.4) is 0 Å². The number of hydrogen-bond acceptors (Lipinski definition) is 9. The molecule has 3 aliphatic heterocycles. The summed E-state index contributed by atoms with van der Waals surface area (Å²) in [5.74, 6) is -3.94. The zero-order chi connectivity index (χ0) is 21.4. The van der Waals surface area contributed by atoms with Gasteiger partial charge in [0.1, 0.15) is 11.7 Å². The maximum Gasteiger partial charge on any atom is 0.428 e. The van der Waals surface area contributed by atoms with E-state index in [1.165, 1.54) is 11.8 Å². The highest BCUT2D eigenvalue weighted by Crippen LogP contribution is 2.57. The molecular weight excluding hydrogens is 664 g/mol. The van der Waals surface area contributed by atoms with Crippen LogP contribution in [0.4, 0.5) is 8.78 Å². The standard InChI is InChI=1S/C15H10F2I2O8S2/c16-15(17,29(22,23)24)13(21)25-7-3-9-14(4-8(7)28-9)26-11-6(19)2-1-5(18)10(11)12(20)27-14/h1-2,7-9H,3-4H2,(H,22,23,24)/p-1. The molecule has 0 aromatic heterocycles. The number of rotatable bonds is 3. The van der Waals surface area contributed by atoms with Crippen molar-refractivity contribution in [2.24, 2.45) is 0 Å². The average Bonchev–Trinajstić information content (AvgIpc) is 3.14. The predicted octanol–water partition coefficient (Wildman–Crippen LogP) is 2.47. The average molecular weight is 673 g/mol. The van der Waals surface area contributed by atoms with E-state index in [2.05, 4.69) is 4.74 Å². The van der Waals surface area contributed by atoms with E-state index in [-0.39, 0.29) is 12.8 Å². The van der Waals surface area contributed by atoms with Crippen molar-refractivity contribution in [3.05, 3.63) is 24.8 Å². The minimum absolute atomic E-state index is 0.000817. The Morgan fingerprint density at radius 2 is 1.97 bits per heavy atom. The lowest BCUT2D eigenvalue weighted by atomic mass is 9.90. The third kappa shape index (κ3) is 3.41. The highest BCUT2D eigenvalue weighted by molar-refractivity contribution is 14.1. The molecule has 158 valence electrons. The largest absolute Gasteiger partial charge is 0.743 e. The lowest BCUT2D eigenvalue weighted by molar-refractivity contribution is -0.185. The molecule has 1 aromatic carbocycles. The van der Waals surface area contributed by atoms with Gasteiger partial charge in [-0.1, -0.05) is 0 Å². The molecule has 2 bridgehead atoms. The summed E-state index contributed by atoms with van der Waals surface area (Å²) in [4.78, 5) is 24.1. The van der Waals surface area contributed by atoms with E-state index < -0.39 is 49.7 Å². The van der Waals surface area contributed by atoms with Crippen molar-refractivity contribution >= 4 is 79.0 Å². The molecule has 0 aliphatic carbocycles. The quantitative estimate of drug-likeness (QED) is 0.271. The number of halogens is 4. The number of esters is 2. The molecule has 29 heavy (non-hydrogen) atoms. The van der Waals surface area contributed by atoms with Gasteiger partial charge in [-0.15, -0.1) is 11.8 Å². The van der Waals surface area contributed by atoms with Gasteiger partial charge in [0.15, 0.2) is 15.9 Å². The van der Waals surface area contributed by atoms with Crippen molar-refractivity contribution < 1.29 is 45.6 Å². The van der Waals surface area contributed by atoms with E-state index in [1.807, 2.05) is 45.2 Å². The van der Waals surface area contributed by atoms with Crippen LogP contribution in [0, 0.1) is 7.14 Å². The lowest BCUT2D eigenvalue weighted by Crippen LogP contribution is -2.54. The third-order valence-electron chi connectivity index (χ3n) is 4.79. The summed E-state index contributed by atoms with van der Waals surface area (Å²) in [6, 6.07) is 3.53. The molecule has 3 aliphatic rings. The molecule has 2 fully saturated rings. The van der Waals surface area contributed by atoms with Gasteiger partial charge in [-0.3, -0.25) is 0 Å². The number of thioether (sulfide) groups is 1. The second kappa shape index (κ2) is 7.03. The highest BCUT2D eigenvalue weighted by atomic mass is 127. The van der Waals surface area contributed by atoms with E-state index in [4.69, 9.17) is 9.47 Å². The molecule has 0 radical (unpaired) electrons. The third-order valence-corrected chi connectivity index (χ3v) is 9.03. The topological polar surface area (TPSA) is 119 Å². The summed E-state index contributed by atoms with van der Waals surface area (Å²) in [7, 11) is -6.19. The smallest absolute Gasteiger partial charge is 0.428 e. The van der Waals surface area contributed by atoms with Gasteiger partial charge in [-0.05, 0) is 57.3 Å². The van der Waals surface area contributed by atoms with E-state index >= 15 is 0 Å². The van der Waals surface area contributed by atoms with Crippen molar-refractivity contribution in [2.45, 2.75) is 40.5 Å². The van der Waals surface area contributed by atoms with Gasteiger partial charge >= 0.3 is 17.2 Å². The number of hydrogen-bond donors (Lipinski definition) is 0. The summed E-state index contributed by atoms with van der Waals surface area (Å²) in [6.07, 6.45) is -1.00. The number of benzene rings is 1. The van der Waals surface area contributed by atoms with Gasteiger partial charge in [0, 0.05) is 21.7 Å². The predicted molar refractivity (Wildman–Crippen MR) is 110 cm³/mol. The Kier molecular flexibility index (Phi) is 5.27. The minimum Gasteiger partial charge on any atom is -0.743 e. The Labute approximate surface area is 194 Å². The van der Waals surface area contributed by atoms with Gasteiger partial charge in [0.05, 0.1) is 8.82 Å². The van der Waals surface area contributed by atoms with Crippen LogP contribution in [0.25, 0.3) is 0 Å². The Balaban J connectivity index is 1.53. The molecule has 0 amide bonds. The van der Waals surface area contributed by atoms with Crippen molar-refractivity contribution in [3.63, 3.8) is 0 Å². The first-order valence-corrected chi connectivity index (χ1v) is 12.5. The van der Waals surface area contributed by atoms with E-state index in [1.54, 1.807) is 12.1 Å². The van der Waals surface area contributed by atoms with Crippen LogP contribution < -0.4 is 4.74 Å². The zero-order valence-electron chi connectivity index (χ0n) is 13.9. The molecular formula is C15H9F2I2O8S2-. The summed E-state index contributed by atoms with van der Waals surface area (Å²) >= 11 is 5.25. The molecule has 3 heterocycles.